The fourth-order valence-corrected chi connectivity index (χ4v) is 2.05. The zero-order valence-corrected chi connectivity index (χ0v) is 9.23. The van der Waals surface area contributed by atoms with Gasteiger partial charge in [-0.1, -0.05) is 0 Å². The van der Waals surface area contributed by atoms with Gasteiger partial charge in [-0.05, 0) is 29.8 Å². The Morgan fingerprint density at radius 1 is 1.57 bits per heavy atom. The average Bonchev–Trinajstić information content (AvgIpc) is 2.02. The quantitative estimate of drug-likeness (QED) is 0.773. The number of aryl methyl sites for hydroxylation is 1. The van der Waals surface area contributed by atoms with Gasteiger partial charge in [-0.3, -0.25) is 9.59 Å². The number of carbonyl (C=O) groups is 1. The third kappa shape index (κ3) is 1.61. The van der Waals surface area contributed by atoms with Gasteiger partial charge in [0.2, 0.25) is 0 Å². The molecule has 4 nitrogen and oxygen atoms in total. The summed E-state index contributed by atoms with van der Waals surface area (Å²) in [6.07, 6.45) is 0. The van der Waals surface area contributed by atoms with Gasteiger partial charge in [-0.25, -0.2) is 0 Å². The summed E-state index contributed by atoms with van der Waals surface area (Å²) in [6, 6.07) is 1.74. The zero-order valence-electron chi connectivity index (χ0n) is 7.64. The molecule has 0 atom stereocenters. The van der Waals surface area contributed by atoms with Crippen molar-refractivity contribution in [1.82, 2.24) is 4.98 Å². The lowest BCUT2D eigenvalue weighted by atomic mass is 10.1. The van der Waals surface area contributed by atoms with Crippen LogP contribution in [0.5, 0.6) is 0 Å². The van der Waals surface area contributed by atoms with E-state index in [1.165, 1.54) is 6.92 Å². The molecule has 0 aromatic carbocycles. The predicted molar refractivity (Wildman–Crippen MR) is 54.2 cm³/mol. The molecule has 0 unspecified atom stereocenters. The highest BCUT2D eigenvalue weighted by Crippen LogP contribution is 2.20. The number of hydrogen-bond acceptors (Lipinski definition) is 3. The van der Waals surface area contributed by atoms with Crippen LogP contribution in [-0.2, 0) is 0 Å². The molecule has 0 saturated carbocycles. The molecule has 1 aromatic heterocycles. The van der Waals surface area contributed by atoms with Gasteiger partial charge in [0.15, 0.2) is 5.78 Å². The summed E-state index contributed by atoms with van der Waals surface area (Å²) in [6.45, 7) is 3.00. The van der Waals surface area contributed by atoms with Gasteiger partial charge in [-0.15, -0.1) is 0 Å². The molecule has 1 heterocycles. The van der Waals surface area contributed by atoms with Gasteiger partial charge in [-0.2, -0.15) is 5.26 Å². The molecule has 0 aliphatic heterocycles. The lowest BCUT2D eigenvalue weighted by Crippen LogP contribution is -2.16. The standard InChI is InChI=1S/C9H7BrN2O2/c1-4-7(5(2)13)8(10)6(3-11)9(14)12-4/h1-2H3,(H,12,14). The van der Waals surface area contributed by atoms with Crippen LogP contribution >= 0.6 is 15.9 Å². The summed E-state index contributed by atoms with van der Waals surface area (Å²) in [7, 11) is 0. The molecule has 1 N–H and O–H groups in total. The summed E-state index contributed by atoms with van der Waals surface area (Å²) in [5.74, 6) is -0.192. The maximum atomic E-state index is 11.2. The topological polar surface area (TPSA) is 73.7 Å². The van der Waals surface area contributed by atoms with E-state index in [1.54, 1.807) is 13.0 Å². The molecule has 0 fully saturated rings. The van der Waals surface area contributed by atoms with Crippen LogP contribution in [0.3, 0.4) is 0 Å². The summed E-state index contributed by atoms with van der Waals surface area (Å²) in [4.78, 5) is 24.9. The van der Waals surface area contributed by atoms with E-state index < -0.39 is 5.56 Å². The first-order valence-electron chi connectivity index (χ1n) is 3.82. The van der Waals surface area contributed by atoms with Gasteiger partial charge in [0.1, 0.15) is 11.6 Å². The number of nitrogens with zero attached hydrogens (tertiary/aromatic N) is 1. The van der Waals surface area contributed by atoms with Crippen molar-refractivity contribution in [2.75, 3.05) is 0 Å². The second kappa shape index (κ2) is 3.76. The Hall–Kier alpha value is -1.41. The van der Waals surface area contributed by atoms with Crippen molar-refractivity contribution in [3.63, 3.8) is 0 Å². The third-order valence-corrected chi connectivity index (χ3v) is 2.60. The van der Waals surface area contributed by atoms with Crippen LogP contribution < -0.4 is 5.56 Å². The number of halogens is 1. The van der Waals surface area contributed by atoms with Crippen LogP contribution in [0.1, 0.15) is 28.5 Å². The van der Waals surface area contributed by atoms with E-state index in [9.17, 15) is 9.59 Å². The maximum Gasteiger partial charge on any atom is 0.267 e. The van der Waals surface area contributed by atoms with Crippen molar-refractivity contribution >= 4 is 21.7 Å². The molecule has 0 spiro atoms. The number of ketones is 1. The first-order valence-corrected chi connectivity index (χ1v) is 4.61. The number of H-pyrrole nitrogens is 1. The fraction of sp³-hybridized carbons (Fsp3) is 0.222. The molecule has 0 bridgehead atoms. The maximum absolute atomic E-state index is 11.2. The molecule has 0 saturated heterocycles. The van der Waals surface area contributed by atoms with Crippen molar-refractivity contribution in [1.29, 1.82) is 5.26 Å². The second-order valence-electron chi connectivity index (χ2n) is 2.81. The Bertz CT molecular complexity index is 497. The number of hydrogen-bond donors (Lipinski definition) is 1. The molecule has 0 amide bonds. The number of aromatic amines is 1. The van der Waals surface area contributed by atoms with Gasteiger partial charge in [0.25, 0.3) is 5.56 Å². The minimum absolute atomic E-state index is 0.0687. The summed E-state index contributed by atoms with van der Waals surface area (Å²) in [5, 5.41) is 8.69. The van der Waals surface area contributed by atoms with E-state index in [4.69, 9.17) is 5.26 Å². The van der Waals surface area contributed by atoms with E-state index >= 15 is 0 Å². The molecular weight excluding hydrogens is 248 g/mol. The zero-order chi connectivity index (χ0) is 10.9. The number of nitrogens with one attached hydrogen (secondary N) is 1. The summed E-state index contributed by atoms with van der Waals surface area (Å²) >= 11 is 3.08. The Kier molecular flexibility index (Phi) is 2.87. The number of pyridine rings is 1. The van der Waals surface area contributed by atoms with Crippen LogP contribution in [-0.4, -0.2) is 10.8 Å². The fourth-order valence-electron chi connectivity index (χ4n) is 1.20. The second-order valence-corrected chi connectivity index (χ2v) is 3.60. The summed E-state index contributed by atoms with van der Waals surface area (Å²) in [5.41, 5.74) is 0.261. The third-order valence-electron chi connectivity index (χ3n) is 1.81. The monoisotopic (exact) mass is 254 g/mol. The van der Waals surface area contributed by atoms with Crippen molar-refractivity contribution in [2.45, 2.75) is 13.8 Å². The number of carbonyl (C=O) groups excluding carboxylic acids is 1. The lowest BCUT2D eigenvalue weighted by molar-refractivity contribution is 0.101. The van der Waals surface area contributed by atoms with Gasteiger partial charge >= 0.3 is 0 Å². The van der Waals surface area contributed by atoms with Crippen molar-refractivity contribution in [3.8, 4) is 6.07 Å². The Labute approximate surface area is 88.7 Å². The number of nitriles is 1. The highest BCUT2D eigenvalue weighted by molar-refractivity contribution is 9.10. The van der Waals surface area contributed by atoms with E-state index in [0.717, 1.165) is 0 Å². The number of Topliss-reactive ketones (excluding diaryl/α,β-unsaturated/α-hetero) is 1. The van der Waals surface area contributed by atoms with Crippen molar-refractivity contribution in [2.24, 2.45) is 0 Å². The van der Waals surface area contributed by atoms with Crippen LogP contribution in [0.15, 0.2) is 9.27 Å². The van der Waals surface area contributed by atoms with Gasteiger partial charge < -0.3 is 4.98 Å². The molecule has 0 aliphatic carbocycles. The molecule has 0 radical (unpaired) electrons. The Morgan fingerprint density at radius 3 is 2.57 bits per heavy atom. The molecule has 0 aliphatic rings. The Balaban J connectivity index is 3.72. The SMILES string of the molecule is CC(=O)c1c(C)[nH]c(=O)c(C#N)c1Br. The van der Waals surface area contributed by atoms with E-state index in [0.29, 0.717) is 11.3 Å². The Morgan fingerprint density at radius 2 is 2.14 bits per heavy atom. The van der Waals surface area contributed by atoms with Crippen molar-refractivity contribution < 1.29 is 4.79 Å². The molecule has 1 rings (SSSR count). The van der Waals surface area contributed by atoms with E-state index in [1.807, 2.05) is 0 Å². The minimum Gasteiger partial charge on any atom is -0.325 e. The van der Waals surface area contributed by atoms with Crippen LogP contribution in [0.25, 0.3) is 0 Å². The minimum atomic E-state index is -0.484. The van der Waals surface area contributed by atoms with Crippen LogP contribution in [0.4, 0.5) is 0 Å². The molecule has 72 valence electrons. The lowest BCUT2D eigenvalue weighted by Gasteiger charge is -2.05. The molecule has 14 heavy (non-hydrogen) atoms. The van der Waals surface area contributed by atoms with Gasteiger partial charge in [0, 0.05) is 5.69 Å². The molecule has 1 aromatic rings. The highest BCUT2D eigenvalue weighted by atomic mass is 79.9. The number of aromatic nitrogens is 1. The molecular formula is C9H7BrN2O2. The van der Waals surface area contributed by atoms with Gasteiger partial charge in [0.05, 0.1) is 10.0 Å². The first-order chi connectivity index (χ1) is 6.49. The molecule has 5 heteroatoms. The van der Waals surface area contributed by atoms with Crippen LogP contribution in [0, 0.1) is 18.3 Å². The predicted octanol–water partition coefficient (Wildman–Crippen LogP) is 1.52. The van der Waals surface area contributed by atoms with Crippen molar-refractivity contribution in [3.05, 3.63) is 31.6 Å². The van der Waals surface area contributed by atoms with E-state index in [-0.39, 0.29) is 15.8 Å². The average molecular weight is 255 g/mol. The largest absolute Gasteiger partial charge is 0.325 e. The smallest absolute Gasteiger partial charge is 0.267 e. The highest BCUT2D eigenvalue weighted by Gasteiger charge is 2.15. The van der Waals surface area contributed by atoms with Crippen LogP contribution in [0.2, 0.25) is 0 Å². The first kappa shape index (κ1) is 10.7. The number of rotatable bonds is 1. The van der Waals surface area contributed by atoms with E-state index in [2.05, 4.69) is 20.9 Å². The normalized spacial score (nSPS) is 9.57. The summed E-state index contributed by atoms with van der Waals surface area (Å²) < 4.78 is 0.272.